The van der Waals surface area contributed by atoms with Crippen LogP contribution in [0.2, 0.25) is 0 Å². The van der Waals surface area contributed by atoms with Crippen LogP contribution < -0.4 is 43.4 Å². The van der Waals surface area contributed by atoms with Gasteiger partial charge in [0.25, 0.3) is 0 Å². The van der Waals surface area contributed by atoms with Gasteiger partial charge in [0, 0.05) is 43.1 Å². The molecule has 0 fully saturated rings. The van der Waals surface area contributed by atoms with Crippen molar-refractivity contribution in [3.63, 3.8) is 0 Å². The first-order valence-electron chi connectivity index (χ1n) is 43.2. The number of H-pyrrole nitrogens is 2. The van der Waals surface area contributed by atoms with Crippen LogP contribution in [0.4, 0.5) is 45.5 Å². The number of aromatic amines is 2. The molecule has 11 aromatic heterocycles. The van der Waals surface area contributed by atoms with Gasteiger partial charge in [0.15, 0.2) is 23.3 Å². The second-order valence-electron chi connectivity index (χ2n) is 32.6. The molecule has 40 heteroatoms. The smallest absolute Gasteiger partial charge is 0.167 e. The Morgan fingerprint density at radius 1 is 0.162 bits per heavy atom. The Balaban J connectivity index is 0.850. The lowest BCUT2D eigenvalue weighted by Crippen LogP contribution is -2.15. The minimum absolute atomic E-state index is 0.120. The Hall–Kier alpha value is -20.5. The average Bonchev–Trinajstić information content (AvgIpc) is 1.54. The first-order chi connectivity index (χ1) is 67.4. The number of nitrogens with one attached hydrogen (secondary N) is 10. The highest BCUT2D eigenvalue weighted by Gasteiger charge is 2.37. The van der Waals surface area contributed by atoms with E-state index in [-0.39, 0.29) is 45.9 Å². The van der Waals surface area contributed by atoms with Crippen molar-refractivity contribution in [3.05, 3.63) is 291 Å². The van der Waals surface area contributed by atoms with Gasteiger partial charge in [-0.2, -0.15) is 38.3 Å². The third kappa shape index (κ3) is 11.1. The molecule has 0 atom stereocenters. The number of fused-ring (bicyclic) bond motifs is 32. The van der Waals surface area contributed by atoms with Crippen molar-refractivity contribution in [2.24, 2.45) is 0 Å². The van der Waals surface area contributed by atoms with E-state index in [1.807, 2.05) is 291 Å². The first-order valence-corrected chi connectivity index (χ1v) is 43.2. The zero-order valence-corrected chi connectivity index (χ0v) is 70.1. The summed E-state index contributed by atoms with van der Waals surface area (Å²) in [6.07, 6.45) is 0. The molecule has 13 heterocycles. The van der Waals surface area contributed by atoms with Crippen molar-refractivity contribution in [1.82, 2.24) is 161 Å². The number of hydrogen-bond donors (Lipinski definition) is 10. The van der Waals surface area contributed by atoms with E-state index in [9.17, 15) is 0 Å². The second-order valence-corrected chi connectivity index (χ2v) is 32.6. The van der Waals surface area contributed by atoms with Crippen molar-refractivity contribution >= 4 is 221 Å². The Morgan fingerprint density at radius 2 is 0.309 bits per heavy atom. The summed E-state index contributed by atoms with van der Waals surface area (Å²) in [4.78, 5) is 57.6. The van der Waals surface area contributed by atoms with Gasteiger partial charge in [-0.15, -0.1) is 40.8 Å². The van der Waals surface area contributed by atoms with E-state index in [1.54, 1.807) is 38.3 Å². The van der Waals surface area contributed by atoms with Gasteiger partial charge >= 0.3 is 0 Å². The molecule has 10 N–H and O–H groups in total. The molecular formula is C96H58N40. The first kappa shape index (κ1) is 73.6. The third-order valence-electron chi connectivity index (χ3n) is 25.0. The summed E-state index contributed by atoms with van der Waals surface area (Å²) >= 11 is 0. The van der Waals surface area contributed by atoms with Crippen LogP contribution in [0.1, 0.15) is 0 Å². The van der Waals surface area contributed by atoms with Crippen molar-refractivity contribution in [3.8, 4) is 45.6 Å². The lowest BCUT2D eigenvalue weighted by Gasteiger charge is -2.20. The van der Waals surface area contributed by atoms with Crippen LogP contribution in [-0.4, -0.2) is 161 Å². The zero-order valence-electron chi connectivity index (χ0n) is 70.1. The molecule has 16 aromatic carbocycles. The third-order valence-corrected chi connectivity index (χ3v) is 25.0. The van der Waals surface area contributed by atoms with Crippen molar-refractivity contribution in [2.75, 3.05) is 43.4 Å². The fraction of sp³-hybridized carbons (Fsp3) is 0. The summed E-state index contributed by atoms with van der Waals surface area (Å²) < 4.78 is 0. The summed E-state index contributed by atoms with van der Waals surface area (Å²) in [6, 6.07) is 93.8. The van der Waals surface area contributed by atoms with Crippen LogP contribution in [-0.2, 0) is 0 Å². The molecule has 0 saturated heterocycles. The van der Waals surface area contributed by atoms with Gasteiger partial charge in [0.05, 0.1) is 89.3 Å². The molecule has 2 aliphatic heterocycles. The lowest BCUT2D eigenvalue weighted by atomic mass is 9.96. The maximum absolute atomic E-state index is 6.14. The minimum Gasteiger partial charge on any atom is -0.324 e. The molecule has 642 valence electrons. The molecule has 2 aliphatic rings. The summed E-state index contributed by atoms with van der Waals surface area (Å²) in [7, 11) is 0. The van der Waals surface area contributed by atoms with E-state index in [2.05, 4.69) is 53.4 Å². The Kier molecular flexibility index (Phi) is 15.4. The van der Waals surface area contributed by atoms with Crippen molar-refractivity contribution in [2.45, 2.75) is 0 Å². The fourth-order valence-corrected chi connectivity index (χ4v) is 19.0. The van der Waals surface area contributed by atoms with Gasteiger partial charge in [0.2, 0.25) is 0 Å². The maximum Gasteiger partial charge on any atom is 0.167 e. The highest BCUT2D eigenvalue weighted by molar-refractivity contribution is 6.30. The normalized spacial score (nSPS) is 12.1. The summed E-state index contributed by atoms with van der Waals surface area (Å²) in [6.45, 7) is 0. The predicted octanol–water partition coefficient (Wildman–Crippen LogP) is 16.4. The maximum atomic E-state index is 6.14. The lowest BCUT2D eigenvalue weighted by molar-refractivity contribution is 0.765. The number of rotatable bonds is 16. The molecule has 27 aromatic rings. The van der Waals surface area contributed by atoms with Gasteiger partial charge in [-0.1, -0.05) is 194 Å². The van der Waals surface area contributed by atoms with Crippen LogP contribution in [0.25, 0.3) is 221 Å². The van der Waals surface area contributed by atoms with Gasteiger partial charge in [-0.05, 0) is 139 Å². The number of anilines is 8. The minimum atomic E-state index is 0.120. The number of nitrogens with zero attached hydrogens (tertiary/aromatic N) is 30. The predicted molar refractivity (Wildman–Crippen MR) is 518 cm³/mol. The fourth-order valence-electron chi connectivity index (χ4n) is 19.0. The van der Waals surface area contributed by atoms with Gasteiger partial charge in [0.1, 0.15) is 111 Å². The van der Waals surface area contributed by atoms with Crippen LogP contribution in [0.3, 0.4) is 0 Å². The Bertz CT molecular complexity index is 8880. The van der Waals surface area contributed by atoms with Crippen molar-refractivity contribution < 1.29 is 0 Å². The second kappa shape index (κ2) is 28.5. The summed E-state index contributed by atoms with van der Waals surface area (Å²) in [5, 5.41) is 83.8. The molecule has 40 nitrogen and oxygen atoms in total. The number of hydrogen-bond acceptors (Lipinski definition) is 30. The van der Waals surface area contributed by atoms with E-state index < -0.39 is 0 Å². The quantitative estimate of drug-likeness (QED) is 0.0402. The monoisotopic (exact) mass is 1770 g/mol. The van der Waals surface area contributed by atoms with Crippen LogP contribution in [0.5, 0.6) is 0 Å². The molecule has 8 bridgehead atoms. The molecule has 0 aliphatic carbocycles. The largest absolute Gasteiger partial charge is 0.324 e. The van der Waals surface area contributed by atoms with E-state index in [0.717, 1.165) is 0 Å². The molecular weight excluding hydrogens is 1710 g/mol. The van der Waals surface area contributed by atoms with Crippen LogP contribution in [0, 0.1) is 0 Å². The van der Waals surface area contributed by atoms with Crippen molar-refractivity contribution in [1.29, 1.82) is 0 Å². The SMILES string of the molecule is c1ccc2c(c1)nnn2Nc1c2c(c(Nn3nnc4ccccc43)c3ccccc13)-c1nc-2nc2[nH]c(nc3nc(nc4[nH]c(n1)c1c(Nn5nnc6ccccc65)c5ccccc5c(Nn5nnc6ccccc65)c41)-c1c-3c(Nn3nnc4ccccc43)c3ccccc3c1Nn1nnc3ccccc31)c1c(Nn3nnc4ccccc43)c3ccccc3c(Nn3nnc4ccccc43)c21. The topological polar surface area (TPSA) is 451 Å². The zero-order chi connectivity index (χ0) is 88.9. The number of aromatic nitrogens is 32. The molecule has 0 unspecified atom stereocenters. The standard InChI is InChI=1S/C96H58N40/c1-2-26-50-49(25-1)81(113-129-65-41-17-9-33-57(65)105-121-129)73-74(82(50)114-130-66-42-18-10-34-58(66)106-122-130)90-97-89(73)101-91-75-76(84(116-132-68-44-20-12-36-60(68)108-124-132)52-28-4-3-27-51(52)83(75)115-131-67-43-19-11-35-59(67)107-123-131)93(98-91)103-95-79-80(88(120-136-72-48-24-16-40-64(72)112-128-136)56-32-8-7-31-55(56)87(79)119-135-71-47-23-15-39-63(71)111-127-135)96(100-95)104-94-78-77(92(99-94)102-90)85(117-133-69-45-21-13-37-61(69)109-125-133)53-29-5-6-30-54(53)86(78)118-134-70-46-22-14-38-62(70)110-126-134/h1-48,113-120H,(H2,97,98,99,100,101,102,103,104). The molecule has 136 heavy (non-hydrogen) atoms. The van der Waals surface area contributed by atoms with Gasteiger partial charge in [-0.3, -0.25) is 43.4 Å². The van der Waals surface area contributed by atoms with E-state index >= 15 is 0 Å². The average molecular weight is 1770 g/mol. The summed E-state index contributed by atoms with van der Waals surface area (Å²) in [5.74, 6) is 0.479. The van der Waals surface area contributed by atoms with E-state index in [4.69, 9.17) is 112 Å². The van der Waals surface area contributed by atoms with Crippen LogP contribution >= 0.6 is 0 Å². The van der Waals surface area contributed by atoms with E-state index in [0.29, 0.717) is 221 Å². The Morgan fingerprint density at radius 3 is 0.485 bits per heavy atom. The molecule has 0 spiro atoms. The Labute approximate surface area is 757 Å². The van der Waals surface area contributed by atoms with Gasteiger partial charge < -0.3 is 9.97 Å². The van der Waals surface area contributed by atoms with E-state index in [1.165, 1.54) is 0 Å². The highest BCUT2D eigenvalue weighted by Crippen LogP contribution is 2.55. The van der Waals surface area contributed by atoms with Crippen LogP contribution in [0.15, 0.2) is 291 Å². The molecule has 0 saturated carbocycles. The molecule has 29 rings (SSSR count). The van der Waals surface area contributed by atoms with Gasteiger partial charge in [-0.25, -0.2) is 29.9 Å². The highest BCUT2D eigenvalue weighted by atomic mass is 15.7. The molecule has 0 amide bonds. The molecule has 0 radical (unpaired) electrons. The summed E-state index contributed by atoms with van der Waals surface area (Å²) in [5.41, 5.74) is 47.3. The number of benzene rings is 16. The number of para-hydroxylation sites is 8.